The quantitative estimate of drug-likeness (QED) is 0.289. The van der Waals surface area contributed by atoms with E-state index in [9.17, 15) is 13.2 Å². The number of alkyl halides is 3. The molecule has 30 heavy (non-hydrogen) atoms. The molecule has 160 valence electrons. The van der Waals surface area contributed by atoms with Crippen LogP contribution in [0.15, 0.2) is 66.2 Å². The molecule has 0 unspecified atom stereocenters. The lowest BCUT2D eigenvalue weighted by Gasteiger charge is -2.14. The second-order valence-electron chi connectivity index (χ2n) is 6.39. The van der Waals surface area contributed by atoms with E-state index in [0.717, 1.165) is 23.3 Å². The predicted molar refractivity (Wildman–Crippen MR) is 119 cm³/mol. The van der Waals surface area contributed by atoms with Crippen molar-refractivity contribution in [1.29, 1.82) is 0 Å². The fourth-order valence-corrected chi connectivity index (χ4v) is 2.79. The second kappa shape index (κ2) is 11.0. The van der Waals surface area contributed by atoms with Crippen LogP contribution in [-0.4, -0.2) is 27.8 Å². The summed E-state index contributed by atoms with van der Waals surface area (Å²) in [5.74, 6) is 0.504. The van der Waals surface area contributed by atoms with Gasteiger partial charge in [0.2, 0.25) is 0 Å². The molecule has 2 aromatic carbocycles. The molecule has 0 spiro atoms. The minimum absolute atomic E-state index is 0. The summed E-state index contributed by atoms with van der Waals surface area (Å²) in [6.45, 7) is 1.37. The Morgan fingerprint density at radius 3 is 2.23 bits per heavy atom. The smallest absolute Gasteiger partial charge is 0.352 e. The van der Waals surface area contributed by atoms with Gasteiger partial charge in [-0.25, -0.2) is 9.67 Å². The van der Waals surface area contributed by atoms with Gasteiger partial charge in [0.05, 0.1) is 12.1 Å². The normalized spacial score (nSPS) is 11.7. The van der Waals surface area contributed by atoms with Crippen LogP contribution in [-0.2, 0) is 25.8 Å². The van der Waals surface area contributed by atoms with Crippen LogP contribution in [0.4, 0.5) is 13.2 Å². The first-order valence-corrected chi connectivity index (χ1v) is 8.95. The number of guanidine groups is 1. The molecule has 0 saturated heterocycles. The molecule has 0 fully saturated rings. The maximum absolute atomic E-state index is 12.8. The van der Waals surface area contributed by atoms with Gasteiger partial charge < -0.3 is 10.6 Å². The fraction of sp³-hybridized carbons (Fsp3) is 0.250. The molecule has 0 atom stereocenters. The Labute approximate surface area is 189 Å². The maximum Gasteiger partial charge on any atom is 0.416 e. The van der Waals surface area contributed by atoms with E-state index in [1.165, 1.54) is 12.4 Å². The molecule has 1 heterocycles. The van der Waals surface area contributed by atoms with Crippen molar-refractivity contribution in [2.24, 2.45) is 4.99 Å². The highest BCUT2D eigenvalue weighted by molar-refractivity contribution is 14.0. The summed E-state index contributed by atoms with van der Waals surface area (Å²) in [7, 11) is 1.61. The highest BCUT2D eigenvalue weighted by Gasteiger charge is 2.30. The SMILES string of the molecule is CN=C(NCc1cccc(Cn2cncn2)c1)NCc1cccc(C(F)(F)F)c1.I. The molecule has 6 nitrogen and oxygen atoms in total. The number of hydrogen-bond acceptors (Lipinski definition) is 3. The topological polar surface area (TPSA) is 67.1 Å². The molecular formula is C20H22F3IN6. The Balaban J connectivity index is 0.00000320. The van der Waals surface area contributed by atoms with Crippen molar-refractivity contribution >= 4 is 29.9 Å². The monoisotopic (exact) mass is 530 g/mol. The minimum Gasteiger partial charge on any atom is -0.352 e. The van der Waals surface area contributed by atoms with Gasteiger partial charge in [0.15, 0.2) is 5.96 Å². The van der Waals surface area contributed by atoms with Gasteiger partial charge in [0.1, 0.15) is 12.7 Å². The van der Waals surface area contributed by atoms with Crippen molar-refractivity contribution < 1.29 is 13.2 Å². The van der Waals surface area contributed by atoms with E-state index >= 15 is 0 Å². The molecule has 0 saturated carbocycles. The van der Waals surface area contributed by atoms with Crippen LogP contribution in [0.5, 0.6) is 0 Å². The third-order valence-electron chi connectivity index (χ3n) is 4.20. The van der Waals surface area contributed by atoms with Gasteiger partial charge in [-0.2, -0.15) is 18.3 Å². The molecular weight excluding hydrogens is 508 g/mol. The lowest BCUT2D eigenvalue weighted by Crippen LogP contribution is -2.36. The first-order valence-electron chi connectivity index (χ1n) is 8.95. The van der Waals surface area contributed by atoms with Crippen molar-refractivity contribution in [3.63, 3.8) is 0 Å². The van der Waals surface area contributed by atoms with Crippen molar-refractivity contribution in [3.05, 3.63) is 83.4 Å². The van der Waals surface area contributed by atoms with E-state index in [4.69, 9.17) is 0 Å². The largest absolute Gasteiger partial charge is 0.416 e. The summed E-state index contributed by atoms with van der Waals surface area (Å²) in [5, 5.41) is 10.3. The summed E-state index contributed by atoms with van der Waals surface area (Å²) in [6, 6.07) is 13.2. The first-order chi connectivity index (χ1) is 13.9. The van der Waals surface area contributed by atoms with Crippen LogP contribution in [0, 0.1) is 0 Å². The zero-order valence-corrected chi connectivity index (χ0v) is 18.6. The molecule has 1 aromatic heterocycles. The Morgan fingerprint density at radius 1 is 1.00 bits per heavy atom. The van der Waals surface area contributed by atoms with Crippen molar-refractivity contribution in [2.75, 3.05) is 7.05 Å². The zero-order valence-electron chi connectivity index (χ0n) is 16.2. The average molecular weight is 530 g/mol. The van der Waals surface area contributed by atoms with Crippen LogP contribution in [0.3, 0.4) is 0 Å². The zero-order chi connectivity index (χ0) is 20.7. The van der Waals surface area contributed by atoms with E-state index in [0.29, 0.717) is 24.6 Å². The number of nitrogens with zero attached hydrogens (tertiary/aromatic N) is 4. The van der Waals surface area contributed by atoms with Gasteiger partial charge in [-0.3, -0.25) is 4.99 Å². The highest BCUT2D eigenvalue weighted by atomic mass is 127. The number of aromatic nitrogens is 3. The van der Waals surface area contributed by atoms with E-state index in [2.05, 4.69) is 31.8 Å². The van der Waals surface area contributed by atoms with Crippen LogP contribution in [0.1, 0.15) is 22.3 Å². The van der Waals surface area contributed by atoms with Gasteiger partial charge in [-0.05, 0) is 28.8 Å². The van der Waals surface area contributed by atoms with Gasteiger partial charge in [0.25, 0.3) is 0 Å². The molecule has 0 amide bonds. The van der Waals surface area contributed by atoms with Gasteiger partial charge >= 0.3 is 6.18 Å². The molecule has 2 N–H and O–H groups in total. The molecule has 0 radical (unpaired) electrons. The number of halogens is 4. The molecule has 3 rings (SSSR count). The molecule has 0 aliphatic heterocycles. The van der Waals surface area contributed by atoms with Crippen LogP contribution < -0.4 is 10.6 Å². The fourth-order valence-electron chi connectivity index (χ4n) is 2.79. The summed E-state index contributed by atoms with van der Waals surface area (Å²) in [4.78, 5) is 8.05. The third kappa shape index (κ3) is 7.01. The number of nitrogens with one attached hydrogen (secondary N) is 2. The molecule has 0 aliphatic rings. The predicted octanol–water partition coefficient (Wildman–Crippen LogP) is 3.83. The standard InChI is InChI=1S/C20H21F3N6.HI/c1-24-19(27-11-16-5-3-7-18(9-16)20(21,22)23)26-10-15-4-2-6-17(8-15)12-29-14-25-13-28-29;/h2-9,13-14H,10-12H2,1H3,(H2,24,26,27);1H. The summed E-state index contributed by atoms with van der Waals surface area (Å²) in [5.41, 5.74) is 1.99. The number of aliphatic imine (C=N–C) groups is 1. The molecule has 10 heteroatoms. The van der Waals surface area contributed by atoms with E-state index in [-0.39, 0.29) is 30.5 Å². The molecule has 0 aliphatic carbocycles. The third-order valence-corrected chi connectivity index (χ3v) is 4.20. The first kappa shape index (κ1) is 23.6. The molecule has 3 aromatic rings. The average Bonchev–Trinajstić information content (AvgIpc) is 3.21. The lowest BCUT2D eigenvalue weighted by molar-refractivity contribution is -0.137. The number of rotatable bonds is 6. The summed E-state index contributed by atoms with van der Waals surface area (Å²) >= 11 is 0. The van der Waals surface area contributed by atoms with Gasteiger partial charge in [-0.1, -0.05) is 36.4 Å². The maximum atomic E-state index is 12.8. The van der Waals surface area contributed by atoms with E-state index in [1.54, 1.807) is 24.1 Å². The Hall–Kier alpha value is -2.63. The lowest BCUT2D eigenvalue weighted by atomic mass is 10.1. The van der Waals surface area contributed by atoms with E-state index < -0.39 is 11.7 Å². The van der Waals surface area contributed by atoms with Gasteiger partial charge in [-0.15, -0.1) is 24.0 Å². The Bertz CT molecular complexity index is 957. The van der Waals surface area contributed by atoms with Gasteiger partial charge in [0, 0.05) is 20.1 Å². The van der Waals surface area contributed by atoms with E-state index in [1.807, 2.05) is 18.2 Å². The van der Waals surface area contributed by atoms with Crippen LogP contribution in [0.2, 0.25) is 0 Å². The Morgan fingerprint density at radius 2 is 1.63 bits per heavy atom. The minimum atomic E-state index is -4.35. The van der Waals surface area contributed by atoms with Crippen molar-refractivity contribution in [2.45, 2.75) is 25.8 Å². The summed E-state index contributed by atoms with van der Waals surface area (Å²) < 4.78 is 40.2. The van der Waals surface area contributed by atoms with Crippen LogP contribution in [0.25, 0.3) is 0 Å². The number of hydrogen-bond donors (Lipinski definition) is 2. The van der Waals surface area contributed by atoms with Crippen molar-refractivity contribution in [3.8, 4) is 0 Å². The Kier molecular flexibility index (Phi) is 8.63. The highest BCUT2D eigenvalue weighted by Crippen LogP contribution is 2.29. The second-order valence-corrected chi connectivity index (χ2v) is 6.39. The van der Waals surface area contributed by atoms with Crippen LogP contribution >= 0.6 is 24.0 Å². The summed E-state index contributed by atoms with van der Waals surface area (Å²) in [6.07, 6.45) is -1.21. The number of benzene rings is 2. The molecule has 0 bridgehead atoms. The van der Waals surface area contributed by atoms with Crippen molar-refractivity contribution in [1.82, 2.24) is 25.4 Å².